The molecule has 0 spiro atoms. The second-order valence-corrected chi connectivity index (χ2v) is 6.50. The van der Waals surface area contributed by atoms with E-state index in [9.17, 15) is 0 Å². The molecule has 1 aromatic carbocycles. The zero-order chi connectivity index (χ0) is 16.8. The Bertz CT molecular complexity index is 687. The number of hydrogen-bond donors (Lipinski definition) is 1. The molecule has 1 N–H and O–H groups in total. The molecule has 3 rings (SSSR count). The third-order valence-corrected chi connectivity index (χ3v) is 3.98. The summed E-state index contributed by atoms with van der Waals surface area (Å²) in [6, 6.07) is 7.94. The van der Waals surface area contributed by atoms with Crippen LogP contribution in [0.25, 0.3) is 11.3 Å². The first-order valence-electron chi connectivity index (χ1n) is 8.40. The van der Waals surface area contributed by atoms with Gasteiger partial charge in [0.25, 0.3) is 0 Å². The van der Waals surface area contributed by atoms with E-state index >= 15 is 0 Å². The van der Waals surface area contributed by atoms with Crippen LogP contribution in [-0.2, 0) is 0 Å². The minimum Gasteiger partial charge on any atom is -0.444 e. The Morgan fingerprint density at radius 1 is 1.33 bits per heavy atom. The lowest BCUT2D eigenvalue weighted by atomic mass is 10.1. The first-order valence-corrected chi connectivity index (χ1v) is 8.40. The molecule has 0 radical (unpaired) electrons. The van der Waals surface area contributed by atoms with Gasteiger partial charge in [0.05, 0.1) is 18.1 Å². The van der Waals surface area contributed by atoms with Crippen molar-refractivity contribution >= 4 is 11.9 Å². The van der Waals surface area contributed by atoms with Crippen LogP contribution in [0.1, 0.15) is 20.3 Å². The Morgan fingerprint density at radius 2 is 2.17 bits per heavy atom. The molecule has 0 saturated carbocycles. The fourth-order valence-corrected chi connectivity index (χ4v) is 2.78. The van der Waals surface area contributed by atoms with Crippen molar-refractivity contribution in [1.29, 1.82) is 0 Å². The molecule has 126 valence electrons. The second kappa shape index (κ2) is 7.93. The highest BCUT2D eigenvalue weighted by Gasteiger charge is 2.11. The Labute approximate surface area is 143 Å². The summed E-state index contributed by atoms with van der Waals surface area (Å²) in [6.07, 6.45) is 8.40. The molecule has 1 aromatic heterocycles. The van der Waals surface area contributed by atoms with E-state index in [2.05, 4.69) is 40.3 Å². The van der Waals surface area contributed by atoms with Gasteiger partial charge >= 0.3 is 0 Å². The summed E-state index contributed by atoms with van der Waals surface area (Å²) in [4.78, 5) is 6.41. The summed E-state index contributed by atoms with van der Waals surface area (Å²) in [5.41, 5.74) is 6.32. The van der Waals surface area contributed by atoms with Crippen LogP contribution >= 0.6 is 0 Å². The summed E-state index contributed by atoms with van der Waals surface area (Å²) in [5.74, 6) is 1.48. The topological polar surface area (TPSA) is 53.7 Å². The Morgan fingerprint density at radius 3 is 2.79 bits per heavy atom. The number of hydrazone groups is 1. The van der Waals surface area contributed by atoms with E-state index in [1.807, 2.05) is 30.5 Å². The first kappa shape index (κ1) is 16.5. The molecule has 0 bridgehead atoms. The maximum Gasteiger partial charge on any atom is 0.181 e. The molecular weight excluding hydrogens is 300 g/mol. The van der Waals surface area contributed by atoms with Gasteiger partial charge in [-0.05, 0) is 42.2 Å². The van der Waals surface area contributed by atoms with Crippen molar-refractivity contribution in [3.8, 4) is 11.3 Å². The van der Waals surface area contributed by atoms with E-state index in [-0.39, 0.29) is 0 Å². The summed E-state index contributed by atoms with van der Waals surface area (Å²) in [5, 5.41) is 4.35. The standard InChI is InChI=1S/C19H24N4O/c1-15(2)13-23-9-7-16(8-10-23)11-21-22-18-5-3-17(4-6-18)19-12-20-14-24-19/h3-7,11-12,14-15,22H,8-10,13H2,1-2H3/b21-11+. The predicted molar refractivity (Wildman–Crippen MR) is 98.0 cm³/mol. The van der Waals surface area contributed by atoms with Crippen LogP contribution in [0.2, 0.25) is 0 Å². The van der Waals surface area contributed by atoms with Crippen molar-refractivity contribution in [2.24, 2.45) is 11.0 Å². The van der Waals surface area contributed by atoms with Crippen LogP contribution in [0.15, 0.2) is 58.0 Å². The van der Waals surface area contributed by atoms with E-state index in [4.69, 9.17) is 4.42 Å². The number of nitrogens with zero attached hydrogens (tertiary/aromatic N) is 3. The Hall–Kier alpha value is -2.40. The Kier molecular flexibility index (Phi) is 5.43. The number of benzene rings is 1. The molecule has 5 nitrogen and oxygen atoms in total. The molecule has 0 amide bonds. The lowest BCUT2D eigenvalue weighted by molar-refractivity contribution is 0.264. The number of aromatic nitrogens is 1. The van der Waals surface area contributed by atoms with Crippen molar-refractivity contribution in [3.63, 3.8) is 0 Å². The number of rotatable bonds is 6. The second-order valence-electron chi connectivity index (χ2n) is 6.50. The van der Waals surface area contributed by atoms with Crippen molar-refractivity contribution in [2.45, 2.75) is 20.3 Å². The molecule has 0 unspecified atom stereocenters. The van der Waals surface area contributed by atoms with Crippen LogP contribution in [0.4, 0.5) is 5.69 Å². The number of nitrogens with one attached hydrogen (secondary N) is 1. The first-order chi connectivity index (χ1) is 11.7. The lowest BCUT2D eigenvalue weighted by Gasteiger charge is -2.26. The fraction of sp³-hybridized carbons (Fsp3) is 0.368. The zero-order valence-electron chi connectivity index (χ0n) is 14.3. The monoisotopic (exact) mass is 324 g/mol. The SMILES string of the molecule is CC(C)CN1CC=C(/C=N/Nc2ccc(-c3cnco3)cc2)CC1. The van der Waals surface area contributed by atoms with Crippen molar-refractivity contribution in [2.75, 3.05) is 25.1 Å². The van der Waals surface area contributed by atoms with Crippen LogP contribution in [0.3, 0.4) is 0 Å². The molecule has 2 heterocycles. The molecule has 0 atom stereocenters. The van der Waals surface area contributed by atoms with Gasteiger partial charge in [0.2, 0.25) is 0 Å². The van der Waals surface area contributed by atoms with Crippen molar-refractivity contribution in [1.82, 2.24) is 9.88 Å². The van der Waals surface area contributed by atoms with Crippen molar-refractivity contribution in [3.05, 3.63) is 48.5 Å². The van der Waals surface area contributed by atoms with Gasteiger partial charge < -0.3 is 4.42 Å². The molecular formula is C19H24N4O. The lowest BCUT2D eigenvalue weighted by Crippen LogP contribution is -2.32. The molecule has 5 heteroatoms. The molecule has 0 aliphatic carbocycles. The fourth-order valence-electron chi connectivity index (χ4n) is 2.78. The van der Waals surface area contributed by atoms with Crippen LogP contribution in [0.5, 0.6) is 0 Å². The third kappa shape index (κ3) is 4.55. The van der Waals surface area contributed by atoms with E-state index < -0.39 is 0 Å². The summed E-state index contributed by atoms with van der Waals surface area (Å²) < 4.78 is 5.28. The highest BCUT2D eigenvalue weighted by molar-refractivity contribution is 5.79. The smallest absolute Gasteiger partial charge is 0.181 e. The minimum absolute atomic E-state index is 0.718. The van der Waals surface area contributed by atoms with Gasteiger partial charge in [-0.15, -0.1) is 0 Å². The van der Waals surface area contributed by atoms with Crippen molar-refractivity contribution < 1.29 is 4.42 Å². The highest BCUT2D eigenvalue weighted by Crippen LogP contribution is 2.20. The maximum absolute atomic E-state index is 5.28. The molecule has 1 aliphatic rings. The molecule has 1 aliphatic heterocycles. The summed E-state index contributed by atoms with van der Waals surface area (Å²) in [6.45, 7) is 7.82. The largest absolute Gasteiger partial charge is 0.444 e. The van der Waals surface area contributed by atoms with Crippen LogP contribution < -0.4 is 5.43 Å². The maximum atomic E-state index is 5.28. The Balaban J connectivity index is 1.51. The molecule has 2 aromatic rings. The normalized spacial score (nSPS) is 15.9. The number of anilines is 1. The van der Waals surface area contributed by atoms with Crippen LogP contribution in [0, 0.1) is 5.92 Å². The van der Waals surface area contributed by atoms with Gasteiger partial charge in [0.15, 0.2) is 12.2 Å². The minimum atomic E-state index is 0.718. The van der Waals surface area contributed by atoms with Gasteiger partial charge in [-0.25, -0.2) is 4.98 Å². The quantitative estimate of drug-likeness (QED) is 0.644. The van der Waals surface area contributed by atoms with Gasteiger partial charge in [-0.2, -0.15) is 5.10 Å². The van der Waals surface area contributed by atoms with E-state index in [0.29, 0.717) is 0 Å². The number of oxazole rings is 1. The summed E-state index contributed by atoms with van der Waals surface area (Å²) in [7, 11) is 0. The molecule has 0 fully saturated rings. The number of hydrogen-bond acceptors (Lipinski definition) is 5. The zero-order valence-corrected chi connectivity index (χ0v) is 14.3. The van der Waals surface area contributed by atoms with E-state index in [1.165, 1.54) is 12.0 Å². The third-order valence-electron chi connectivity index (χ3n) is 3.98. The van der Waals surface area contributed by atoms with E-state index in [1.54, 1.807) is 6.20 Å². The molecule has 24 heavy (non-hydrogen) atoms. The highest BCUT2D eigenvalue weighted by atomic mass is 16.3. The van der Waals surface area contributed by atoms with Gasteiger partial charge in [0, 0.05) is 25.2 Å². The van der Waals surface area contributed by atoms with Gasteiger partial charge in [-0.1, -0.05) is 19.9 Å². The predicted octanol–water partition coefficient (Wildman–Crippen LogP) is 4.03. The van der Waals surface area contributed by atoms with Crippen LogP contribution in [-0.4, -0.2) is 35.7 Å². The average Bonchev–Trinajstić information content (AvgIpc) is 3.11. The van der Waals surface area contributed by atoms with Gasteiger partial charge in [0.1, 0.15) is 0 Å². The summed E-state index contributed by atoms with van der Waals surface area (Å²) >= 11 is 0. The molecule has 0 saturated heterocycles. The average molecular weight is 324 g/mol. The van der Waals surface area contributed by atoms with E-state index in [0.717, 1.165) is 49.0 Å². The van der Waals surface area contributed by atoms with Gasteiger partial charge in [-0.3, -0.25) is 10.3 Å².